The first-order chi connectivity index (χ1) is 11.8. The van der Waals surface area contributed by atoms with Crippen LogP contribution in [0.2, 0.25) is 0 Å². The van der Waals surface area contributed by atoms with Crippen LogP contribution in [0.25, 0.3) is 0 Å². The van der Waals surface area contributed by atoms with E-state index in [2.05, 4.69) is 18.2 Å². The standard InChI is InChI=1S/C21H34O3S/c1-21(2,3)25(22,23)15-8-6-4-5-7-10-18-11-9-12-20(16-18)24-17-19-13-14-19/h9,11-12,16,19H,4-8,10,13-15,17H2,1-3H3. The summed E-state index contributed by atoms with van der Waals surface area (Å²) in [7, 11) is -2.96. The fourth-order valence-corrected chi connectivity index (χ4v) is 3.94. The molecule has 1 aromatic rings. The van der Waals surface area contributed by atoms with Gasteiger partial charge in [-0.1, -0.05) is 31.4 Å². The van der Waals surface area contributed by atoms with Crippen LogP contribution in [0.5, 0.6) is 5.75 Å². The van der Waals surface area contributed by atoms with Gasteiger partial charge in [-0.05, 0) is 76.5 Å². The Bertz CT molecular complexity index is 625. The molecule has 25 heavy (non-hydrogen) atoms. The molecule has 4 heteroatoms. The summed E-state index contributed by atoms with van der Waals surface area (Å²) >= 11 is 0. The van der Waals surface area contributed by atoms with Crippen molar-refractivity contribution in [2.75, 3.05) is 12.4 Å². The average Bonchev–Trinajstić information content (AvgIpc) is 3.35. The first-order valence-electron chi connectivity index (χ1n) is 9.72. The van der Waals surface area contributed by atoms with Gasteiger partial charge < -0.3 is 4.74 Å². The average molecular weight is 367 g/mol. The van der Waals surface area contributed by atoms with Crippen molar-refractivity contribution >= 4 is 9.84 Å². The monoisotopic (exact) mass is 366 g/mol. The number of hydrogen-bond acceptors (Lipinski definition) is 3. The molecule has 1 saturated carbocycles. The van der Waals surface area contributed by atoms with Crippen LogP contribution in [0, 0.1) is 5.92 Å². The molecule has 0 N–H and O–H groups in total. The zero-order chi connectivity index (χ0) is 18.3. The lowest BCUT2D eigenvalue weighted by Crippen LogP contribution is -2.30. The van der Waals surface area contributed by atoms with Crippen molar-refractivity contribution in [1.29, 1.82) is 0 Å². The highest BCUT2D eigenvalue weighted by atomic mass is 32.2. The number of rotatable bonds is 11. The Morgan fingerprint density at radius 2 is 1.72 bits per heavy atom. The summed E-state index contributed by atoms with van der Waals surface area (Å²) in [5.41, 5.74) is 1.34. The highest BCUT2D eigenvalue weighted by molar-refractivity contribution is 7.92. The van der Waals surface area contributed by atoms with Gasteiger partial charge in [-0.25, -0.2) is 8.42 Å². The van der Waals surface area contributed by atoms with E-state index in [-0.39, 0.29) is 0 Å². The van der Waals surface area contributed by atoms with E-state index < -0.39 is 14.6 Å². The van der Waals surface area contributed by atoms with Crippen LogP contribution in [0.3, 0.4) is 0 Å². The van der Waals surface area contributed by atoms with E-state index in [1.165, 1.54) is 18.4 Å². The molecule has 0 atom stereocenters. The molecule has 1 aliphatic rings. The molecule has 1 fully saturated rings. The normalized spacial score (nSPS) is 15.3. The molecule has 0 spiro atoms. The molecule has 0 unspecified atom stereocenters. The molecule has 0 saturated heterocycles. The highest BCUT2D eigenvalue weighted by Gasteiger charge is 2.27. The van der Waals surface area contributed by atoms with Crippen molar-refractivity contribution in [2.45, 2.75) is 76.9 Å². The van der Waals surface area contributed by atoms with Gasteiger partial charge in [0.05, 0.1) is 17.1 Å². The van der Waals surface area contributed by atoms with Crippen LogP contribution in [0.4, 0.5) is 0 Å². The molecule has 0 heterocycles. The van der Waals surface area contributed by atoms with Crippen molar-refractivity contribution in [3.63, 3.8) is 0 Å². The van der Waals surface area contributed by atoms with Crippen LogP contribution < -0.4 is 4.74 Å². The number of sulfone groups is 1. The number of aryl methyl sites for hydroxylation is 1. The minimum absolute atomic E-state index is 0.316. The van der Waals surface area contributed by atoms with E-state index in [1.807, 2.05) is 6.07 Å². The summed E-state index contributed by atoms with van der Waals surface area (Å²) < 4.78 is 29.3. The molecule has 0 bridgehead atoms. The van der Waals surface area contributed by atoms with Crippen molar-refractivity contribution in [2.24, 2.45) is 5.92 Å². The minimum atomic E-state index is -2.96. The van der Waals surface area contributed by atoms with E-state index in [9.17, 15) is 8.42 Å². The predicted molar refractivity (Wildman–Crippen MR) is 105 cm³/mol. The Kier molecular flexibility index (Phi) is 7.36. The first-order valence-corrected chi connectivity index (χ1v) is 11.4. The van der Waals surface area contributed by atoms with Crippen LogP contribution in [0.15, 0.2) is 24.3 Å². The number of ether oxygens (including phenoxy) is 1. The molecule has 142 valence electrons. The van der Waals surface area contributed by atoms with Crippen molar-refractivity contribution in [3.05, 3.63) is 29.8 Å². The molecule has 1 aliphatic carbocycles. The van der Waals surface area contributed by atoms with Gasteiger partial charge in [-0.2, -0.15) is 0 Å². The fraction of sp³-hybridized carbons (Fsp3) is 0.714. The van der Waals surface area contributed by atoms with Crippen LogP contribution >= 0.6 is 0 Å². The summed E-state index contributed by atoms with van der Waals surface area (Å²) in [6, 6.07) is 8.45. The van der Waals surface area contributed by atoms with Gasteiger partial charge in [0.1, 0.15) is 5.75 Å². The Morgan fingerprint density at radius 1 is 1.04 bits per heavy atom. The summed E-state index contributed by atoms with van der Waals surface area (Å²) in [5, 5.41) is 0. The van der Waals surface area contributed by atoms with Crippen LogP contribution in [-0.4, -0.2) is 25.5 Å². The Morgan fingerprint density at radius 3 is 2.40 bits per heavy atom. The Hall–Kier alpha value is -1.03. The molecular weight excluding hydrogens is 332 g/mol. The van der Waals surface area contributed by atoms with Gasteiger partial charge in [0.25, 0.3) is 0 Å². The molecule has 2 rings (SSSR count). The van der Waals surface area contributed by atoms with Gasteiger partial charge >= 0.3 is 0 Å². The van der Waals surface area contributed by atoms with E-state index >= 15 is 0 Å². The van der Waals surface area contributed by atoms with Gasteiger partial charge in [0.15, 0.2) is 9.84 Å². The zero-order valence-corrected chi connectivity index (χ0v) is 16.9. The maximum Gasteiger partial charge on any atom is 0.155 e. The van der Waals surface area contributed by atoms with Gasteiger partial charge in [0, 0.05) is 0 Å². The predicted octanol–water partition coefficient (Wildman–Crippen LogP) is 5.18. The van der Waals surface area contributed by atoms with Crippen LogP contribution in [0.1, 0.15) is 71.3 Å². The molecule has 0 radical (unpaired) electrons. The maximum atomic E-state index is 12.0. The molecule has 3 nitrogen and oxygen atoms in total. The lowest BCUT2D eigenvalue weighted by atomic mass is 10.1. The Balaban J connectivity index is 1.57. The minimum Gasteiger partial charge on any atom is -0.493 e. The lowest BCUT2D eigenvalue weighted by molar-refractivity contribution is 0.299. The third-order valence-electron chi connectivity index (χ3n) is 4.89. The second-order valence-corrected chi connectivity index (χ2v) is 11.2. The molecule has 0 aliphatic heterocycles. The third kappa shape index (κ3) is 7.39. The number of hydrogen-bond donors (Lipinski definition) is 0. The third-order valence-corrected chi connectivity index (χ3v) is 7.58. The molecule has 0 aromatic heterocycles. The topological polar surface area (TPSA) is 43.4 Å². The van der Waals surface area contributed by atoms with E-state index in [0.717, 1.165) is 56.8 Å². The highest BCUT2D eigenvalue weighted by Crippen LogP contribution is 2.29. The summed E-state index contributed by atoms with van der Waals surface area (Å²) in [6.07, 6.45) is 8.90. The van der Waals surface area contributed by atoms with Crippen LogP contribution in [-0.2, 0) is 16.3 Å². The van der Waals surface area contributed by atoms with E-state index in [0.29, 0.717) is 5.75 Å². The summed E-state index contributed by atoms with van der Waals surface area (Å²) in [4.78, 5) is 0. The largest absolute Gasteiger partial charge is 0.493 e. The maximum absolute atomic E-state index is 12.0. The second kappa shape index (κ2) is 9.07. The SMILES string of the molecule is CC(C)(C)S(=O)(=O)CCCCCCCc1cccc(OCC2CC2)c1. The van der Waals surface area contributed by atoms with E-state index in [1.54, 1.807) is 20.8 Å². The second-order valence-electron chi connectivity index (χ2n) is 8.35. The van der Waals surface area contributed by atoms with Crippen molar-refractivity contribution in [1.82, 2.24) is 0 Å². The molecular formula is C21H34O3S. The number of unbranched alkanes of at least 4 members (excludes halogenated alkanes) is 4. The Labute approximate surface area is 154 Å². The lowest BCUT2D eigenvalue weighted by Gasteiger charge is -2.18. The van der Waals surface area contributed by atoms with Gasteiger partial charge in [-0.3, -0.25) is 0 Å². The van der Waals surface area contributed by atoms with Crippen molar-refractivity contribution in [3.8, 4) is 5.75 Å². The van der Waals surface area contributed by atoms with Gasteiger partial charge in [0.2, 0.25) is 0 Å². The first kappa shape index (κ1) is 20.3. The van der Waals surface area contributed by atoms with Crippen molar-refractivity contribution < 1.29 is 13.2 Å². The summed E-state index contributed by atoms with van der Waals surface area (Å²) in [5.74, 6) is 2.10. The summed E-state index contributed by atoms with van der Waals surface area (Å²) in [6.45, 7) is 6.21. The van der Waals surface area contributed by atoms with Gasteiger partial charge in [-0.15, -0.1) is 0 Å². The van der Waals surface area contributed by atoms with E-state index in [4.69, 9.17) is 4.74 Å². The quantitative estimate of drug-likeness (QED) is 0.507. The molecule has 0 amide bonds. The number of benzene rings is 1. The molecule has 1 aromatic carbocycles. The zero-order valence-electron chi connectivity index (χ0n) is 16.1. The fourth-order valence-electron chi connectivity index (χ4n) is 2.75. The smallest absolute Gasteiger partial charge is 0.155 e.